The Hall–Kier alpha value is -4.00. The van der Waals surface area contributed by atoms with Crippen LogP contribution in [0.15, 0.2) is 30.3 Å². The van der Waals surface area contributed by atoms with Crippen molar-refractivity contribution < 1.29 is 39.0 Å². The third kappa shape index (κ3) is 10.5. The first-order valence-corrected chi connectivity index (χ1v) is 11.2. The summed E-state index contributed by atoms with van der Waals surface area (Å²) in [6.07, 6.45) is -1.33. The molecule has 0 aromatic heterocycles. The van der Waals surface area contributed by atoms with E-state index in [0.29, 0.717) is 0 Å². The topological polar surface area (TPSA) is 231 Å². The van der Waals surface area contributed by atoms with E-state index < -0.39 is 78.5 Å². The summed E-state index contributed by atoms with van der Waals surface area (Å²) in [5.74, 6) is -6.69. The average Bonchev–Trinajstić information content (AvgIpc) is 2.78. The zero-order valence-electron chi connectivity index (χ0n) is 20.1. The van der Waals surface area contributed by atoms with E-state index in [9.17, 15) is 33.9 Å². The molecule has 13 heteroatoms. The zero-order valence-corrected chi connectivity index (χ0v) is 20.1. The number of nitrogens with one attached hydrogen (secondary N) is 3. The van der Waals surface area contributed by atoms with Gasteiger partial charge in [0.05, 0.1) is 12.5 Å². The molecule has 0 spiro atoms. The van der Waals surface area contributed by atoms with Crippen molar-refractivity contribution in [1.82, 2.24) is 16.0 Å². The van der Waals surface area contributed by atoms with E-state index in [1.54, 1.807) is 44.2 Å². The molecule has 198 valence electrons. The van der Waals surface area contributed by atoms with Crippen molar-refractivity contribution in [3.8, 4) is 0 Å². The second-order valence-electron chi connectivity index (χ2n) is 8.59. The Kier molecular flexibility index (Phi) is 12.0. The summed E-state index contributed by atoms with van der Waals surface area (Å²) in [5.41, 5.74) is 11.9. The van der Waals surface area contributed by atoms with Crippen LogP contribution in [0, 0.1) is 5.92 Å². The molecule has 4 atom stereocenters. The lowest BCUT2D eigenvalue weighted by Gasteiger charge is -2.25. The first-order chi connectivity index (χ1) is 16.8. The predicted octanol–water partition coefficient (Wildman–Crippen LogP) is -1.51. The van der Waals surface area contributed by atoms with Crippen molar-refractivity contribution in [1.29, 1.82) is 0 Å². The quantitative estimate of drug-likeness (QED) is 0.146. The van der Waals surface area contributed by atoms with Gasteiger partial charge < -0.3 is 37.6 Å². The molecule has 0 aliphatic heterocycles. The van der Waals surface area contributed by atoms with Crippen LogP contribution in [-0.2, 0) is 35.2 Å². The Balaban J connectivity index is 3.00. The van der Waals surface area contributed by atoms with E-state index in [2.05, 4.69) is 16.0 Å². The van der Waals surface area contributed by atoms with Gasteiger partial charge in [0.2, 0.25) is 23.6 Å². The molecule has 1 rings (SSSR count). The van der Waals surface area contributed by atoms with Crippen molar-refractivity contribution in [3.63, 3.8) is 0 Å². The zero-order chi connectivity index (χ0) is 27.4. The number of hydrogen-bond acceptors (Lipinski definition) is 7. The van der Waals surface area contributed by atoms with E-state index >= 15 is 0 Å². The number of carbonyl (C=O) groups excluding carboxylic acids is 4. The fourth-order valence-electron chi connectivity index (χ4n) is 3.23. The van der Waals surface area contributed by atoms with Gasteiger partial charge in [-0.1, -0.05) is 44.2 Å². The van der Waals surface area contributed by atoms with Gasteiger partial charge in [-0.05, 0) is 24.3 Å². The lowest BCUT2D eigenvalue weighted by atomic mass is 10.0. The van der Waals surface area contributed by atoms with Gasteiger partial charge in [0, 0.05) is 6.42 Å². The number of hydrogen-bond donors (Lipinski definition) is 7. The van der Waals surface area contributed by atoms with E-state index in [1.807, 2.05) is 0 Å². The van der Waals surface area contributed by atoms with Crippen LogP contribution in [0.5, 0.6) is 0 Å². The number of carboxylic acid groups (broad SMARTS) is 2. The smallest absolute Gasteiger partial charge is 0.326 e. The largest absolute Gasteiger partial charge is 0.481 e. The number of carboxylic acids is 2. The minimum absolute atomic E-state index is 0.151. The summed E-state index contributed by atoms with van der Waals surface area (Å²) in [7, 11) is 0. The molecule has 0 aliphatic rings. The molecule has 0 bridgehead atoms. The van der Waals surface area contributed by atoms with Gasteiger partial charge in [-0.3, -0.25) is 24.0 Å². The van der Waals surface area contributed by atoms with Gasteiger partial charge in [0.1, 0.15) is 18.1 Å². The van der Waals surface area contributed by atoms with Crippen LogP contribution in [0.4, 0.5) is 0 Å². The summed E-state index contributed by atoms with van der Waals surface area (Å²) in [4.78, 5) is 72.1. The van der Waals surface area contributed by atoms with Crippen molar-refractivity contribution in [2.75, 3.05) is 0 Å². The molecule has 1 aromatic rings. The van der Waals surface area contributed by atoms with Gasteiger partial charge in [0.25, 0.3) is 0 Å². The lowest BCUT2D eigenvalue weighted by molar-refractivity contribution is -0.143. The van der Waals surface area contributed by atoms with Gasteiger partial charge in [0.15, 0.2) is 0 Å². The molecule has 13 nitrogen and oxygen atoms in total. The summed E-state index contributed by atoms with van der Waals surface area (Å²) < 4.78 is 0. The minimum atomic E-state index is -1.56. The summed E-state index contributed by atoms with van der Waals surface area (Å²) in [6, 6.07) is 3.52. The van der Waals surface area contributed by atoms with Crippen LogP contribution in [-0.4, -0.2) is 69.9 Å². The summed E-state index contributed by atoms with van der Waals surface area (Å²) in [5, 5.41) is 25.2. The molecule has 9 N–H and O–H groups in total. The first kappa shape index (κ1) is 30.0. The second-order valence-corrected chi connectivity index (χ2v) is 8.59. The third-order valence-corrected chi connectivity index (χ3v) is 5.18. The molecular formula is C23H33N5O8. The Morgan fingerprint density at radius 3 is 1.92 bits per heavy atom. The average molecular weight is 508 g/mol. The lowest BCUT2D eigenvalue weighted by Crippen LogP contribution is -2.58. The van der Waals surface area contributed by atoms with Crippen molar-refractivity contribution in [3.05, 3.63) is 35.9 Å². The molecule has 0 heterocycles. The molecule has 1 aromatic carbocycles. The van der Waals surface area contributed by atoms with Crippen molar-refractivity contribution in [2.24, 2.45) is 17.4 Å². The van der Waals surface area contributed by atoms with Crippen molar-refractivity contribution >= 4 is 35.6 Å². The van der Waals surface area contributed by atoms with Crippen LogP contribution in [0.2, 0.25) is 0 Å². The van der Waals surface area contributed by atoms with E-state index in [1.165, 1.54) is 0 Å². The maximum atomic E-state index is 12.9. The molecule has 4 amide bonds. The Morgan fingerprint density at radius 2 is 1.42 bits per heavy atom. The molecule has 4 unspecified atom stereocenters. The van der Waals surface area contributed by atoms with Crippen molar-refractivity contribution in [2.45, 2.75) is 63.7 Å². The van der Waals surface area contributed by atoms with E-state index in [4.69, 9.17) is 16.6 Å². The summed E-state index contributed by atoms with van der Waals surface area (Å²) >= 11 is 0. The molecular weight excluding hydrogens is 474 g/mol. The number of aliphatic carboxylic acids is 2. The Bertz CT molecular complexity index is 953. The van der Waals surface area contributed by atoms with Crippen LogP contribution >= 0.6 is 0 Å². The molecule has 0 aliphatic carbocycles. The van der Waals surface area contributed by atoms with E-state index in [0.717, 1.165) is 5.56 Å². The predicted molar refractivity (Wildman–Crippen MR) is 127 cm³/mol. The fraction of sp³-hybridized carbons (Fsp3) is 0.478. The highest BCUT2D eigenvalue weighted by atomic mass is 16.4. The number of nitrogens with two attached hydrogens (primary N) is 2. The molecule has 0 saturated carbocycles. The number of carbonyl (C=O) groups is 6. The number of amides is 4. The molecule has 0 saturated heterocycles. The second kappa shape index (κ2) is 14.4. The first-order valence-electron chi connectivity index (χ1n) is 11.2. The monoisotopic (exact) mass is 507 g/mol. The van der Waals surface area contributed by atoms with Gasteiger partial charge in [-0.2, -0.15) is 0 Å². The normalized spacial score (nSPS) is 14.1. The summed E-state index contributed by atoms with van der Waals surface area (Å²) in [6.45, 7) is 3.10. The number of primary amides is 1. The van der Waals surface area contributed by atoms with Crippen LogP contribution in [0.3, 0.4) is 0 Å². The minimum Gasteiger partial charge on any atom is -0.481 e. The van der Waals surface area contributed by atoms with Crippen LogP contribution in [0.1, 0.15) is 38.7 Å². The van der Waals surface area contributed by atoms with Crippen LogP contribution in [0.25, 0.3) is 0 Å². The highest BCUT2D eigenvalue weighted by Crippen LogP contribution is 2.07. The highest BCUT2D eigenvalue weighted by molar-refractivity contribution is 5.96. The van der Waals surface area contributed by atoms with Gasteiger partial charge >= 0.3 is 11.9 Å². The number of benzene rings is 1. The molecule has 0 radical (unpaired) electrons. The Labute approximate surface area is 208 Å². The van der Waals surface area contributed by atoms with Gasteiger partial charge in [-0.15, -0.1) is 0 Å². The fourth-order valence-corrected chi connectivity index (χ4v) is 3.23. The molecule has 0 fully saturated rings. The van der Waals surface area contributed by atoms with Gasteiger partial charge in [-0.25, -0.2) is 4.79 Å². The highest BCUT2D eigenvalue weighted by Gasteiger charge is 2.32. The number of rotatable bonds is 15. The van der Waals surface area contributed by atoms with Crippen LogP contribution < -0.4 is 27.4 Å². The molecule has 36 heavy (non-hydrogen) atoms. The maximum Gasteiger partial charge on any atom is 0.326 e. The standard InChI is InChI=1S/C23H33N5O8/c1-12(2)19(23(35)36)28-22(34)16(11-17(25)29)27-21(33)15(8-9-18(30)31)26-20(32)14(24)10-13-6-4-3-5-7-13/h3-7,12,14-16,19H,8-11,24H2,1-2H3,(H2,25,29)(H,26,32)(H,27,33)(H,28,34)(H,30,31)(H,35,36). The Morgan fingerprint density at radius 1 is 0.861 bits per heavy atom. The third-order valence-electron chi connectivity index (χ3n) is 5.18. The SMILES string of the molecule is CC(C)C(NC(=O)C(CC(N)=O)NC(=O)C(CCC(=O)O)NC(=O)C(N)Cc1ccccc1)C(=O)O. The maximum absolute atomic E-state index is 12.9. The van der Waals surface area contributed by atoms with E-state index in [-0.39, 0.29) is 12.8 Å².